The van der Waals surface area contributed by atoms with E-state index in [1.165, 1.54) is 11.8 Å². The molecule has 3 aromatic rings. The summed E-state index contributed by atoms with van der Waals surface area (Å²) in [5.74, 6) is 0.665. The maximum absolute atomic E-state index is 11.9. The zero-order valence-corrected chi connectivity index (χ0v) is 15.8. The third-order valence-corrected chi connectivity index (χ3v) is 5.55. The lowest BCUT2D eigenvalue weighted by molar-refractivity contribution is -0.137. The lowest BCUT2D eigenvalue weighted by Crippen LogP contribution is -2.11. The SMILES string of the molecule is CCOc1ccc(-n2c(-c3ccccc3)cnc2SC2CCOC2=O)cc1. The van der Waals surface area contributed by atoms with Crippen molar-refractivity contribution in [1.82, 2.24) is 9.55 Å². The predicted octanol–water partition coefficient (Wildman–Crippen LogP) is 4.35. The van der Waals surface area contributed by atoms with Crippen LogP contribution < -0.4 is 4.74 Å². The number of aromatic nitrogens is 2. The molecule has 1 fully saturated rings. The van der Waals surface area contributed by atoms with Gasteiger partial charge in [0.1, 0.15) is 11.0 Å². The Kier molecular flexibility index (Phi) is 5.16. The van der Waals surface area contributed by atoms with Crippen molar-refractivity contribution in [2.24, 2.45) is 0 Å². The van der Waals surface area contributed by atoms with Crippen LogP contribution >= 0.6 is 11.8 Å². The molecule has 0 amide bonds. The number of esters is 1. The number of nitrogens with zero attached hydrogens (tertiary/aromatic N) is 2. The van der Waals surface area contributed by atoms with E-state index in [4.69, 9.17) is 9.47 Å². The van der Waals surface area contributed by atoms with Crippen molar-refractivity contribution < 1.29 is 14.3 Å². The minimum atomic E-state index is -0.211. The molecular weight excluding hydrogens is 360 g/mol. The van der Waals surface area contributed by atoms with Crippen LogP contribution in [0.2, 0.25) is 0 Å². The Morgan fingerprint density at radius 1 is 1.19 bits per heavy atom. The molecule has 2 heterocycles. The van der Waals surface area contributed by atoms with Crippen molar-refractivity contribution in [3.8, 4) is 22.7 Å². The summed E-state index contributed by atoms with van der Waals surface area (Å²) < 4.78 is 12.7. The Hall–Kier alpha value is -2.73. The van der Waals surface area contributed by atoms with Gasteiger partial charge in [0.25, 0.3) is 0 Å². The van der Waals surface area contributed by atoms with Gasteiger partial charge in [0.2, 0.25) is 0 Å². The van der Waals surface area contributed by atoms with E-state index in [9.17, 15) is 4.79 Å². The molecule has 4 rings (SSSR count). The normalized spacial score (nSPS) is 16.3. The van der Waals surface area contributed by atoms with Crippen molar-refractivity contribution in [3.05, 3.63) is 60.8 Å². The van der Waals surface area contributed by atoms with Crippen molar-refractivity contribution in [2.45, 2.75) is 23.8 Å². The summed E-state index contributed by atoms with van der Waals surface area (Å²) in [6, 6.07) is 18.0. The molecule has 0 saturated carbocycles. The Balaban J connectivity index is 1.75. The van der Waals surface area contributed by atoms with E-state index in [0.29, 0.717) is 19.6 Å². The monoisotopic (exact) mass is 380 g/mol. The van der Waals surface area contributed by atoms with Gasteiger partial charge >= 0.3 is 5.97 Å². The maximum atomic E-state index is 11.9. The van der Waals surface area contributed by atoms with Crippen LogP contribution in [0.25, 0.3) is 16.9 Å². The second-order valence-corrected chi connectivity index (χ2v) is 7.29. The molecule has 1 aliphatic rings. The molecule has 27 heavy (non-hydrogen) atoms. The highest BCUT2D eigenvalue weighted by molar-refractivity contribution is 8.00. The minimum Gasteiger partial charge on any atom is -0.494 e. The number of ether oxygens (including phenoxy) is 2. The number of carbonyl (C=O) groups is 1. The maximum Gasteiger partial charge on any atom is 0.319 e. The van der Waals surface area contributed by atoms with Crippen LogP contribution in [0.5, 0.6) is 5.75 Å². The van der Waals surface area contributed by atoms with Gasteiger partial charge in [-0.2, -0.15) is 0 Å². The van der Waals surface area contributed by atoms with Gasteiger partial charge in [-0.25, -0.2) is 4.98 Å². The number of benzene rings is 2. The number of thioether (sulfide) groups is 1. The van der Waals surface area contributed by atoms with Crippen LogP contribution in [-0.4, -0.2) is 34.0 Å². The van der Waals surface area contributed by atoms with Crippen LogP contribution in [0.4, 0.5) is 0 Å². The van der Waals surface area contributed by atoms with Gasteiger partial charge in [0, 0.05) is 17.7 Å². The quantitative estimate of drug-likeness (QED) is 0.595. The van der Waals surface area contributed by atoms with Gasteiger partial charge in [0.05, 0.1) is 25.1 Å². The molecule has 1 unspecified atom stereocenters. The van der Waals surface area contributed by atoms with Crippen LogP contribution in [0.15, 0.2) is 66.0 Å². The second-order valence-electron chi connectivity index (χ2n) is 6.12. The smallest absolute Gasteiger partial charge is 0.319 e. The summed E-state index contributed by atoms with van der Waals surface area (Å²) in [6.07, 6.45) is 2.56. The standard InChI is InChI=1S/C21H20N2O3S/c1-2-25-17-10-8-16(9-11-17)23-18(15-6-4-3-5-7-15)14-22-21(23)27-19-12-13-26-20(19)24/h3-11,14,19H,2,12-13H2,1H3. The van der Waals surface area contributed by atoms with Gasteiger partial charge in [-0.15, -0.1) is 0 Å². The number of rotatable bonds is 6. The Morgan fingerprint density at radius 2 is 1.96 bits per heavy atom. The highest BCUT2D eigenvalue weighted by atomic mass is 32.2. The van der Waals surface area contributed by atoms with E-state index < -0.39 is 0 Å². The molecule has 0 spiro atoms. The summed E-state index contributed by atoms with van der Waals surface area (Å²) in [5, 5.41) is 0.569. The first-order valence-corrected chi connectivity index (χ1v) is 9.84. The van der Waals surface area contributed by atoms with Gasteiger partial charge in [-0.05, 0) is 31.2 Å². The van der Waals surface area contributed by atoms with Crippen molar-refractivity contribution in [2.75, 3.05) is 13.2 Å². The minimum absolute atomic E-state index is 0.164. The van der Waals surface area contributed by atoms with Crippen molar-refractivity contribution >= 4 is 17.7 Å². The molecule has 138 valence electrons. The van der Waals surface area contributed by atoms with Gasteiger partial charge in [0.15, 0.2) is 5.16 Å². The summed E-state index contributed by atoms with van der Waals surface area (Å²) in [7, 11) is 0. The molecule has 0 radical (unpaired) electrons. The third-order valence-electron chi connectivity index (χ3n) is 4.34. The first-order chi connectivity index (χ1) is 13.3. The lowest BCUT2D eigenvalue weighted by atomic mass is 10.1. The van der Waals surface area contributed by atoms with E-state index in [1.54, 1.807) is 0 Å². The Labute approximate surface area is 162 Å². The fraction of sp³-hybridized carbons (Fsp3) is 0.238. The van der Waals surface area contributed by atoms with Crippen LogP contribution in [-0.2, 0) is 9.53 Å². The first-order valence-electron chi connectivity index (χ1n) is 8.96. The summed E-state index contributed by atoms with van der Waals surface area (Å²) in [5.41, 5.74) is 3.03. The molecule has 0 aliphatic carbocycles. The molecule has 1 atom stereocenters. The summed E-state index contributed by atoms with van der Waals surface area (Å²) >= 11 is 1.46. The van der Waals surface area contributed by atoms with Crippen LogP contribution in [0.1, 0.15) is 13.3 Å². The fourth-order valence-corrected chi connectivity index (χ4v) is 4.11. The molecule has 1 aliphatic heterocycles. The van der Waals surface area contributed by atoms with Crippen molar-refractivity contribution in [1.29, 1.82) is 0 Å². The van der Waals surface area contributed by atoms with E-state index in [2.05, 4.69) is 21.7 Å². The number of imidazole rings is 1. The number of cyclic esters (lactones) is 1. The second kappa shape index (κ2) is 7.88. The molecule has 0 bridgehead atoms. The number of carbonyl (C=O) groups excluding carboxylic acids is 1. The average molecular weight is 380 g/mol. The average Bonchev–Trinajstić information content (AvgIpc) is 3.30. The van der Waals surface area contributed by atoms with Gasteiger partial charge < -0.3 is 9.47 Å². The molecule has 6 heteroatoms. The Bertz CT molecular complexity index is 922. The topological polar surface area (TPSA) is 53.4 Å². The van der Waals surface area contributed by atoms with E-state index in [0.717, 1.165) is 27.9 Å². The number of hydrogen-bond acceptors (Lipinski definition) is 5. The van der Waals surface area contributed by atoms with E-state index in [-0.39, 0.29) is 11.2 Å². The lowest BCUT2D eigenvalue weighted by Gasteiger charge is -2.14. The molecule has 2 aromatic carbocycles. The van der Waals surface area contributed by atoms with Gasteiger partial charge in [-0.1, -0.05) is 42.1 Å². The third kappa shape index (κ3) is 3.71. The highest BCUT2D eigenvalue weighted by Crippen LogP contribution is 2.34. The van der Waals surface area contributed by atoms with Crippen LogP contribution in [0.3, 0.4) is 0 Å². The molecule has 0 N–H and O–H groups in total. The number of hydrogen-bond donors (Lipinski definition) is 0. The molecule has 5 nitrogen and oxygen atoms in total. The summed E-state index contributed by atoms with van der Waals surface area (Å²) in [6.45, 7) is 3.07. The van der Waals surface area contributed by atoms with Crippen LogP contribution in [0, 0.1) is 0 Å². The predicted molar refractivity (Wildman–Crippen MR) is 105 cm³/mol. The van der Waals surface area contributed by atoms with Crippen molar-refractivity contribution in [3.63, 3.8) is 0 Å². The first kappa shape index (κ1) is 17.7. The molecule has 1 aromatic heterocycles. The fourth-order valence-electron chi connectivity index (χ4n) is 3.05. The zero-order chi connectivity index (χ0) is 18.6. The Morgan fingerprint density at radius 3 is 2.63 bits per heavy atom. The summed E-state index contributed by atoms with van der Waals surface area (Å²) in [4.78, 5) is 16.5. The highest BCUT2D eigenvalue weighted by Gasteiger charge is 2.30. The molecular formula is C21H20N2O3S. The molecule has 1 saturated heterocycles. The van der Waals surface area contributed by atoms with E-state index in [1.807, 2.05) is 55.6 Å². The largest absolute Gasteiger partial charge is 0.494 e. The van der Waals surface area contributed by atoms with Gasteiger partial charge in [-0.3, -0.25) is 9.36 Å². The van der Waals surface area contributed by atoms with E-state index >= 15 is 0 Å². The zero-order valence-electron chi connectivity index (χ0n) is 15.0.